The maximum atomic E-state index is 3.42. The molecule has 12 rings (SSSR count). The molecule has 0 saturated heterocycles. The molecule has 0 nitrogen and oxygen atoms in total. The van der Waals surface area contributed by atoms with Crippen LogP contribution in [0.4, 0.5) is 0 Å². The van der Waals surface area contributed by atoms with Crippen molar-refractivity contribution in [2.75, 3.05) is 0 Å². The van der Waals surface area contributed by atoms with Crippen LogP contribution in [0.1, 0.15) is 42.5 Å². The Morgan fingerprint density at radius 2 is 1.19 bits per heavy atom. The quantitative estimate of drug-likeness (QED) is 0.124. The highest BCUT2D eigenvalue weighted by molar-refractivity contribution is 7.04. The van der Waals surface area contributed by atoms with Crippen LogP contribution < -0.4 is 10.4 Å². The minimum atomic E-state index is -1.99. The molecule has 2 aliphatic carbocycles. The second-order valence-corrected chi connectivity index (χ2v) is 21.6. The zero-order valence-electron chi connectivity index (χ0n) is 33.9. The Kier molecular flexibility index (Phi) is 7.21. The lowest BCUT2D eigenvalue weighted by molar-refractivity contribution is 0.767. The number of hydrogen-bond donors (Lipinski definition) is 0. The van der Waals surface area contributed by atoms with Gasteiger partial charge in [-0.05, 0) is 159 Å². The van der Waals surface area contributed by atoms with E-state index in [1.165, 1.54) is 115 Å². The third kappa shape index (κ3) is 4.45. The van der Waals surface area contributed by atoms with Crippen molar-refractivity contribution >= 4 is 56.3 Å². The second kappa shape index (κ2) is 12.4. The lowest BCUT2D eigenvalue weighted by Gasteiger charge is -2.31. The van der Waals surface area contributed by atoms with Gasteiger partial charge in [0.05, 0.1) is 5.41 Å². The Balaban J connectivity index is 1.23. The predicted molar refractivity (Wildman–Crippen MR) is 253 cm³/mol. The highest BCUT2D eigenvalue weighted by atomic mass is 28.3. The summed E-state index contributed by atoms with van der Waals surface area (Å²) in [6.45, 7) is 9.68. The first-order chi connectivity index (χ1) is 28.9. The molecule has 59 heavy (non-hydrogen) atoms. The normalized spacial score (nSPS) is 15.2. The molecule has 9 aromatic rings. The Labute approximate surface area is 347 Å². The third-order valence-corrected chi connectivity index (χ3v) is 17.6. The van der Waals surface area contributed by atoms with Crippen molar-refractivity contribution in [2.24, 2.45) is 0 Å². The summed E-state index contributed by atoms with van der Waals surface area (Å²) < 4.78 is 0. The average molecular weight is 767 g/mol. The Hall–Kier alpha value is -6.72. The first-order valence-electron chi connectivity index (χ1n) is 21.1. The summed E-state index contributed by atoms with van der Waals surface area (Å²) in [5, 5.41) is 10.5. The van der Waals surface area contributed by atoms with Gasteiger partial charge < -0.3 is 0 Å². The van der Waals surface area contributed by atoms with Crippen LogP contribution in [0.3, 0.4) is 0 Å². The Bertz CT molecular complexity index is 3300. The minimum absolute atomic E-state index is 0.385. The van der Waals surface area contributed by atoms with Crippen molar-refractivity contribution in [1.82, 2.24) is 0 Å². The Morgan fingerprint density at radius 1 is 0.525 bits per heavy atom. The molecule has 0 N–H and O–H groups in total. The van der Waals surface area contributed by atoms with Crippen LogP contribution in [0.25, 0.3) is 82.4 Å². The molecule has 0 bridgehead atoms. The van der Waals surface area contributed by atoms with E-state index in [1.54, 1.807) is 0 Å². The van der Waals surface area contributed by atoms with E-state index in [1.807, 2.05) is 6.07 Å². The number of fused-ring (bicyclic) bond motifs is 13. The number of allylic oxidation sites excluding steroid dienone is 4. The van der Waals surface area contributed by atoms with Gasteiger partial charge in [-0.25, -0.2) is 0 Å². The summed E-state index contributed by atoms with van der Waals surface area (Å²) in [6.07, 6.45) is 5.71. The predicted octanol–water partition coefficient (Wildman–Crippen LogP) is 14.0. The molecule has 0 atom stereocenters. The summed E-state index contributed by atoms with van der Waals surface area (Å²) in [5.41, 5.74) is 18.4. The van der Waals surface area contributed by atoms with Crippen LogP contribution in [0.15, 0.2) is 175 Å². The summed E-state index contributed by atoms with van der Waals surface area (Å²) in [7, 11) is -1.99. The minimum Gasteiger partial charge on any atom is -0.0842 e. The molecule has 0 unspecified atom stereocenters. The van der Waals surface area contributed by atoms with E-state index in [-0.39, 0.29) is 5.41 Å². The lowest BCUT2D eigenvalue weighted by atomic mass is 9.69. The van der Waals surface area contributed by atoms with Gasteiger partial charge in [0.15, 0.2) is 0 Å². The molecule has 1 heterocycles. The van der Waals surface area contributed by atoms with Crippen LogP contribution in [-0.2, 0) is 5.41 Å². The summed E-state index contributed by atoms with van der Waals surface area (Å²) >= 11 is 0. The molecule has 278 valence electrons. The van der Waals surface area contributed by atoms with E-state index in [2.05, 4.69) is 203 Å². The SMILES string of the molecule is CCC=CC1=C(C)C2(c3cc(-c4c5ccccc5c(-c5cccc6c#cccc56)c5cc6c(cc45)-c4ccccc4[Si]6(C)C)ccc31)c1ccccc1-c1ccccc12. The molecule has 3 aliphatic rings. The Morgan fingerprint density at radius 3 is 1.95 bits per heavy atom. The smallest absolute Gasteiger partial charge is 0.0842 e. The van der Waals surface area contributed by atoms with Crippen LogP contribution >= 0.6 is 0 Å². The molecule has 9 aromatic carbocycles. The van der Waals surface area contributed by atoms with Crippen molar-refractivity contribution in [3.8, 4) is 44.5 Å². The van der Waals surface area contributed by atoms with Gasteiger partial charge in [0.2, 0.25) is 0 Å². The van der Waals surface area contributed by atoms with E-state index < -0.39 is 8.07 Å². The molecule has 0 saturated carbocycles. The monoisotopic (exact) mass is 766 g/mol. The lowest BCUT2D eigenvalue weighted by Crippen LogP contribution is -2.49. The fourth-order valence-corrected chi connectivity index (χ4v) is 14.6. The molecular weight excluding hydrogens is 725 g/mol. The van der Waals surface area contributed by atoms with Gasteiger partial charge in [0.1, 0.15) is 8.07 Å². The van der Waals surface area contributed by atoms with Gasteiger partial charge in [-0.1, -0.05) is 172 Å². The number of rotatable bonds is 4. The third-order valence-electron chi connectivity index (χ3n) is 14.1. The zero-order valence-corrected chi connectivity index (χ0v) is 34.9. The van der Waals surface area contributed by atoms with E-state index in [4.69, 9.17) is 0 Å². The maximum absolute atomic E-state index is 3.42. The fraction of sp³-hybridized carbons (Fsp3) is 0.103. The van der Waals surface area contributed by atoms with E-state index >= 15 is 0 Å². The molecule has 0 aromatic heterocycles. The van der Waals surface area contributed by atoms with E-state index in [0.29, 0.717) is 0 Å². The first kappa shape index (κ1) is 34.3. The van der Waals surface area contributed by atoms with Crippen molar-refractivity contribution in [2.45, 2.75) is 38.8 Å². The van der Waals surface area contributed by atoms with Gasteiger partial charge in [-0.3, -0.25) is 0 Å². The van der Waals surface area contributed by atoms with Gasteiger partial charge in [-0.2, -0.15) is 0 Å². The van der Waals surface area contributed by atoms with Crippen molar-refractivity contribution in [3.63, 3.8) is 0 Å². The number of hydrogen-bond acceptors (Lipinski definition) is 0. The average Bonchev–Trinajstić information content (AvgIpc) is 3.80. The van der Waals surface area contributed by atoms with Gasteiger partial charge in [0, 0.05) is 5.39 Å². The van der Waals surface area contributed by atoms with Gasteiger partial charge in [-0.15, -0.1) is 0 Å². The van der Waals surface area contributed by atoms with E-state index in [9.17, 15) is 0 Å². The molecule has 0 radical (unpaired) electrons. The maximum Gasteiger partial charge on any atom is 0.113 e. The van der Waals surface area contributed by atoms with Crippen molar-refractivity contribution in [3.05, 3.63) is 210 Å². The molecule has 0 fully saturated rings. The molecule has 1 heteroatoms. The van der Waals surface area contributed by atoms with Crippen molar-refractivity contribution < 1.29 is 0 Å². The fourth-order valence-electron chi connectivity index (χ4n) is 11.5. The van der Waals surface area contributed by atoms with E-state index in [0.717, 1.165) is 11.8 Å². The van der Waals surface area contributed by atoms with Crippen LogP contribution in [0.2, 0.25) is 13.1 Å². The first-order valence-corrected chi connectivity index (χ1v) is 24.1. The second-order valence-electron chi connectivity index (χ2n) is 17.2. The van der Waals surface area contributed by atoms with Crippen molar-refractivity contribution in [1.29, 1.82) is 0 Å². The summed E-state index contributed by atoms with van der Waals surface area (Å²) in [6, 6.07) is 66.8. The number of benzene rings is 8. The zero-order chi connectivity index (χ0) is 39.6. The highest BCUT2D eigenvalue weighted by Gasteiger charge is 2.51. The van der Waals surface area contributed by atoms with Gasteiger partial charge >= 0.3 is 0 Å². The van der Waals surface area contributed by atoms with Crippen LogP contribution in [0, 0.1) is 12.1 Å². The highest BCUT2D eigenvalue weighted by Crippen LogP contribution is 2.62. The molecule has 0 amide bonds. The van der Waals surface area contributed by atoms with Gasteiger partial charge in [0.25, 0.3) is 0 Å². The van der Waals surface area contributed by atoms with Crippen LogP contribution in [-0.4, -0.2) is 8.07 Å². The van der Waals surface area contributed by atoms with Crippen LogP contribution in [0.5, 0.6) is 0 Å². The largest absolute Gasteiger partial charge is 0.113 e. The summed E-state index contributed by atoms with van der Waals surface area (Å²) in [4.78, 5) is 0. The summed E-state index contributed by atoms with van der Waals surface area (Å²) in [5.74, 6) is 0. The molecule has 1 aliphatic heterocycles. The molecular formula is C58H42Si. The molecule has 1 spiro atoms. The standard InChI is InChI=1S/C58H42Si/c1-5-6-20-39-36(2)58(51-28-14-11-22-41(51)42-23-12-15-29-52(42)58)53-33-38(31-32-43(39)53)56-46-25-9-10-26-47(46)57(45-27-17-19-37-18-7-8-21-40(37)45)50-35-55-48(34-49(50)56)44-24-13-16-30-54(44)59(55,3)4/h6,8-17,19-35H,5H2,1-4H3. The topological polar surface area (TPSA) is 0 Å².